The number of nitrogens with zero attached hydrogens (tertiary/aromatic N) is 4. The summed E-state index contributed by atoms with van der Waals surface area (Å²) in [5, 5.41) is 9.28. The van der Waals surface area contributed by atoms with E-state index in [0.29, 0.717) is 6.04 Å². The molecule has 0 aromatic carbocycles. The second-order valence-corrected chi connectivity index (χ2v) is 5.52. The highest BCUT2D eigenvalue weighted by atomic mass is 16.4. The van der Waals surface area contributed by atoms with Crippen molar-refractivity contribution in [2.45, 2.75) is 37.8 Å². The van der Waals surface area contributed by atoms with Crippen molar-refractivity contribution in [3.8, 4) is 0 Å². The Morgan fingerprint density at radius 3 is 2.70 bits per heavy atom. The van der Waals surface area contributed by atoms with Crippen LogP contribution in [0.5, 0.6) is 0 Å². The zero-order valence-corrected chi connectivity index (χ0v) is 11.5. The topological polar surface area (TPSA) is 69.6 Å². The molecule has 20 heavy (non-hydrogen) atoms. The molecule has 6 heteroatoms. The van der Waals surface area contributed by atoms with Gasteiger partial charge in [0.2, 0.25) is 0 Å². The van der Waals surface area contributed by atoms with Gasteiger partial charge >= 0.3 is 5.97 Å². The largest absolute Gasteiger partial charge is 0.480 e. The van der Waals surface area contributed by atoms with Gasteiger partial charge in [0.15, 0.2) is 0 Å². The molecule has 2 saturated heterocycles. The van der Waals surface area contributed by atoms with E-state index in [1.54, 1.807) is 12.5 Å². The van der Waals surface area contributed by atoms with Crippen LogP contribution in [0.3, 0.4) is 0 Å². The van der Waals surface area contributed by atoms with Crippen LogP contribution in [-0.2, 0) is 4.79 Å². The van der Waals surface area contributed by atoms with Gasteiger partial charge in [-0.05, 0) is 38.3 Å². The third-order valence-corrected chi connectivity index (χ3v) is 4.40. The normalized spacial score (nSPS) is 25.0. The van der Waals surface area contributed by atoms with Gasteiger partial charge in [-0.25, -0.2) is 9.97 Å². The average molecular weight is 276 g/mol. The van der Waals surface area contributed by atoms with Gasteiger partial charge in [0.25, 0.3) is 0 Å². The van der Waals surface area contributed by atoms with Crippen molar-refractivity contribution in [2.75, 3.05) is 24.5 Å². The maximum atomic E-state index is 11.3. The molecule has 3 heterocycles. The highest BCUT2D eigenvalue weighted by Crippen LogP contribution is 2.27. The van der Waals surface area contributed by atoms with Crippen LogP contribution in [0.15, 0.2) is 18.6 Å². The molecule has 3 rings (SSSR count). The van der Waals surface area contributed by atoms with Crippen LogP contribution >= 0.6 is 0 Å². The Balaban J connectivity index is 1.60. The molecule has 0 bridgehead atoms. The summed E-state index contributed by atoms with van der Waals surface area (Å²) in [6.45, 7) is 2.80. The first-order valence-corrected chi connectivity index (χ1v) is 7.25. The fourth-order valence-corrected chi connectivity index (χ4v) is 3.39. The van der Waals surface area contributed by atoms with Gasteiger partial charge < -0.3 is 10.0 Å². The molecule has 0 saturated carbocycles. The van der Waals surface area contributed by atoms with Gasteiger partial charge in [0.05, 0.1) is 0 Å². The Kier molecular flexibility index (Phi) is 3.82. The highest BCUT2D eigenvalue weighted by Gasteiger charge is 2.36. The number of carbonyl (C=O) groups is 1. The molecule has 6 nitrogen and oxygen atoms in total. The van der Waals surface area contributed by atoms with Gasteiger partial charge in [0, 0.05) is 25.3 Å². The summed E-state index contributed by atoms with van der Waals surface area (Å²) in [5.74, 6) is 0.301. The molecular formula is C14H20N4O2. The summed E-state index contributed by atoms with van der Waals surface area (Å²) < 4.78 is 0. The number of rotatable bonds is 3. The summed E-state index contributed by atoms with van der Waals surface area (Å²) in [4.78, 5) is 23.9. The molecule has 1 N–H and O–H groups in total. The zero-order chi connectivity index (χ0) is 13.9. The number of anilines is 1. The fraction of sp³-hybridized carbons (Fsp3) is 0.643. The molecule has 2 fully saturated rings. The van der Waals surface area contributed by atoms with Crippen molar-refractivity contribution >= 4 is 11.8 Å². The molecule has 0 aliphatic carbocycles. The lowest BCUT2D eigenvalue weighted by atomic mass is 10.0. The van der Waals surface area contributed by atoms with E-state index in [1.165, 1.54) is 0 Å². The monoisotopic (exact) mass is 276 g/mol. The third-order valence-electron chi connectivity index (χ3n) is 4.40. The van der Waals surface area contributed by atoms with Crippen LogP contribution in [0.4, 0.5) is 5.82 Å². The van der Waals surface area contributed by atoms with Crippen LogP contribution < -0.4 is 4.90 Å². The van der Waals surface area contributed by atoms with Crippen LogP contribution in [0, 0.1) is 0 Å². The number of aliphatic carboxylic acids is 1. The molecule has 1 aromatic heterocycles. The van der Waals surface area contributed by atoms with Crippen molar-refractivity contribution in [1.82, 2.24) is 14.9 Å². The number of hydrogen-bond acceptors (Lipinski definition) is 5. The first-order chi connectivity index (χ1) is 9.75. The summed E-state index contributed by atoms with van der Waals surface area (Å²) in [6.07, 6.45) is 7.14. The van der Waals surface area contributed by atoms with Gasteiger partial charge in [-0.2, -0.15) is 0 Å². The van der Waals surface area contributed by atoms with E-state index >= 15 is 0 Å². The number of carboxylic acids is 1. The summed E-state index contributed by atoms with van der Waals surface area (Å²) in [6, 6.07) is 2.05. The maximum Gasteiger partial charge on any atom is 0.320 e. The van der Waals surface area contributed by atoms with Gasteiger partial charge in [-0.1, -0.05) is 0 Å². The molecule has 0 amide bonds. The second kappa shape index (κ2) is 5.75. The van der Waals surface area contributed by atoms with E-state index in [9.17, 15) is 9.90 Å². The summed E-state index contributed by atoms with van der Waals surface area (Å²) in [5.41, 5.74) is 0. The minimum absolute atomic E-state index is 0.273. The van der Waals surface area contributed by atoms with Crippen molar-refractivity contribution < 1.29 is 9.90 Å². The molecule has 108 valence electrons. The number of carboxylic acid groups (broad SMARTS) is 1. The van der Waals surface area contributed by atoms with E-state index in [2.05, 4.69) is 19.8 Å². The SMILES string of the molecule is O=C(O)C1CCCN1C1CCN(c2ccncn2)CC1. The zero-order valence-electron chi connectivity index (χ0n) is 11.5. The molecule has 1 atom stereocenters. The average Bonchev–Trinajstić information content (AvgIpc) is 2.98. The van der Waals surface area contributed by atoms with Crippen LogP contribution in [0.2, 0.25) is 0 Å². The van der Waals surface area contributed by atoms with Gasteiger partial charge in [-0.15, -0.1) is 0 Å². The lowest BCUT2D eigenvalue weighted by Gasteiger charge is -2.38. The first kappa shape index (κ1) is 13.3. The molecule has 2 aliphatic rings. The third kappa shape index (κ3) is 2.60. The minimum Gasteiger partial charge on any atom is -0.480 e. The lowest BCUT2D eigenvalue weighted by molar-refractivity contribution is -0.143. The Morgan fingerprint density at radius 2 is 2.05 bits per heavy atom. The van der Waals surface area contributed by atoms with Crippen molar-refractivity contribution in [3.05, 3.63) is 18.6 Å². The van der Waals surface area contributed by atoms with Gasteiger partial charge in [-0.3, -0.25) is 9.69 Å². The standard InChI is InChI=1S/C14H20N4O2/c19-14(20)12-2-1-7-18(12)11-4-8-17(9-5-11)13-3-6-15-10-16-13/h3,6,10-12H,1-2,4-5,7-9H2,(H,19,20). The van der Waals surface area contributed by atoms with Crippen LogP contribution in [0.25, 0.3) is 0 Å². The van der Waals surface area contributed by atoms with E-state index in [0.717, 1.165) is 51.1 Å². The molecule has 1 aromatic rings. The number of aromatic nitrogens is 2. The van der Waals surface area contributed by atoms with E-state index in [-0.39, 0.29) is 6.04 Å². The van der Waals surface area contributed by atoms with Gasteiger partial charge in [0.1, 0.15) is 18.2 Å². The number of likely N-dealkylation sites (tertiary alicyclic amines) is 1. The molecule has 1 unspecified atom stereocenters. The maximum absolute atomic E-state index is 11.3. The fourth-order valence-electron chi connectivity index (χ4n) is 3.39. The van der Waals surface area contributed by atoms with E-state index < -0.39 is 5.97 Å². The van der Waals surface area contributed by atoms with Crippen LogP contribution in [-0.4, -0.2) is 57.7 Å². The van der Waals surface area contributed by atoms with Crippen LogP contribution in [0.1, 0.15) is 25.7 Å². The predicted octanol–water partition coefficient (Wildman–Crippen LogP) is 0.994. The van der Waals surface area contributed by atoms with Crippen molar-refractivity contribution in [2.24, 2.45) is 0 Å². The predicted molar refractivity (Wildman–Crippen MR) is 74.6 cm³/mol. The Bertz CT molecular complexity index is 460. The quantitative estimate of drug-likeness (QED) is 0.888. The van der Waals surface area contributed by atoms with E-state index in [4.69, 9.17) is 0 Å². The Morgan fingerprint density at radius 1 is 1.25 bits per heavy atom. The van der Waals surface area contributed by atoms with E-state index in [1.807, 2.05) is 6.07 Å². The lowest BCUT2D eigenvalue weighted by Crippen LogP contribution is -2.49. The minimum atomic E-state index is -0.666. The Hall–Kier alpha value is -1.69. The molecular weight excluding hydrogens is 256 g/mol. The smallest absolute Gasteiger partial charge is 0.320 e. The Labute approximate surface area is 118 Å². The highest BCUT2D eigenvalue weighted by molar-refractivity contribution is 5.73. The molecule has 0 radical (unpaired) electrons. The molecule has 2 aliphatic heterocycles. The summed E-state index contributed by atoms with van der Waals surface area (Å²) >= 11 is 0. The number of piperidine rings is 1. The summed E-state index contributed by atoms with van der Waals surface area (Å²) in [7, 11) is 0. The van der Waals surface area contributed by atoms with Crippen molar-refractivity contribution in [3.63, 3.8) is 0 Å². The molecule has 0 spiro atoms. The first-order valence-electron chi connectivity index (χ1n) is 7.25. The van der Waals surface area contributed by atoms with Crippen molar-refractivity contribution in [1.29, 1.82) is 0 Å². The second-order valence-electron chi connectivity index (χ2n) is 5.52. The number of hydrogen-bond donors (Lipinski definition) is 1.